The van der Waals surface area contributed by atoms with Crippen molar-refractivity contribution in [2.24, 2.45) is 11.8 Å². The highest BCUT2D eigenvalue weighted by molar-refractivity contribution is 5.95. The van der Waals surface area contributed by atoms with Crippen molar-refractivity contribution in [2.75, 3.05) is 7.11 Å². The highest BCUT2D eigenvalue weighted by Gasteiger charge is 2.42. The lowest BCUT2D eigenvalue weighted by atomic mass is 9.90. The number of carboxylic acids is 1. The van der Waals surface area contributed by atoms with Crippen LogP contribution in [0.25, 0.3) is 0 Å². The zero-order chi connectivity index (χ0) is 26.6. The first-order valence-corrected chi connectivity index (χ1v) is 12.4. The van der Waals surface area contributed by atoms with Crippen LogP contribution in [0.15, 0.2) is 48.6 Å². The number of rotatable bonds is 16. The van der Waals surface area contributed by atoms with E-state index in [1.807, 2.05) is 24.3 Å². The molecule has 0 spiro atoms. The van der Waals surface area contributed by atoms with Crippen molar-refractivity contribution < 1.29 is 37.7 Å². The number of aliphatic carboxylic acids is 1. The van der Waals surface area contributed by atoms with Gasteiger partial charge in [0.2, 0.25) is 5.78 Å². The molecule has 0 unspecified atom stereocenters. The van der Waals surface area contributed by atoms with Crippen molar-refractivity contribution in [1.29, 1.82) is 0 Å². The Morgan fingerprint density at radius 1 is 1.17 bits per heavy atom. The van der Waals surface area contributed by atoms with Gasteiger partial charge >= 0.3 is 11.9 Å². The standard InChI is InChI=1S/C28H36F2O6/c1-3-4-17-28(29,30)26(32)16-15-23-22(9-7-5-6-8-10-27(33)34)24(31)18-25(23)36-19-20-11-13-21(35-2)14-12-20/h5,7,11-16,22-23,25H,3-4,6,8-10,17-19H2,1-2H3,(H,33,34)/t22-,23-,25-/m1/s1. The fourth-order valence-corrected chi connectivity index (χ4v) is 4.18. The van der Waals surface area contributed by atoms with Crippen molar-refractivity contribution in [3.8, 4) is 5.75 Å². The van der Waals surface area contributed by atoms with Gasteiger partial charge in [-0.3, -0.25) is 14.4 Å². The molecule has 0 radical (unpaired) electrons. The maximum atomic E-state index is 14.2. The molecule has 0 aromatic heterocycles. The van der Waals surface area contributed by atoms with Crippen LogP contribution in [-0.4, -0.2) is 41.8 Å². The highest BCUT2D eigenvalue weighted by atomic mass is 19.3. The molecular formula is C28H36F2O6. The number of Topliss-reactive ketones (excluding diaryl/α,β-unsaturated/α-hetero) is 1. The van der Waals surface area contributed by atoms with Crippen LogP contribution in [0.3, 0.4) is 0 Å². The van der Waals surface area contributed by atoms with Crippen LogP contribution in [0.2, 0.25) is 0 Å². The molecule has 6 nitrogen and oxygen atoms in total. The zero-order valence-electron chi connectivity index (χ0n) is 21.0. The maximum Gasteiger partial charge on any atom is 0.309 e. The second-order valence-corrected chi connectivity index (χ2v) is 9.08. The summed E-state index contributed by atoms with van der Waals surface area (Å²) in [5, 5.41) is 8.73. The number of alkyl halides is 2. The fourth-order valence-electron chi connectivity index (χ4n) is 4.18. The van der Waals surface area contributed by atoms with Crippen LogP contribution in [0.4, 0.5) is 8.78 Å². The lowest BCUT2D eigenvalue weighted by molar-refractivity contribution is -0.138. The summed E-state index contributed by atoms with van der Waals surface area (Å²) in [7, 11) is 1.57. The van der Waals surface area contributed by atoms with Gasteiger partial charge in [0, 0.05) is 31.1 Å². The molecule has 0 amide bonds. The Balaban J connectivity index is 2.11. The van der Waals surface area contributed by atoms with Gasteiger partial charge in [0.1, 0.15) is 11.5 Å². The van der Waals surface area contributed by atoms with Gasteiger partial charge in [-0.25, -0.2) is 0 Å². The largest absolute Gasteiger partial charge is 0.497 e. The van der Waals surface area contributed by atoms with Crippen LogP contribution in [0, 0.1) is 11.8 Å². The molecule has 0 aliphatic heterocycles. The van der Waals surface area contributed by atoms with Crippen molar-refractivity contribution in [3.63, 3.8) is 0 Å². The molecule has 3 atom stereocenters. The first-order valence-electron chi connectivity index (χ1n) is 12.4. The Morgan fingerprint density at radius 2 is 1.89 bits per heavy atom. The molecule has 36 heavy (non-hydrogen) atoms. The van der Waals surface area contributed by atoms with E-state index in [9.17, 15) is 23.2 Å². The molecule has 0 heterocycles. The van der Waals surface area contributed by atoms with Crippen molar-refractivity contribution >= 4 is 17.5 Å². The quantitative estimate of drug-likeness (QED) is 0.170. The number of carbonyl (C=O) groups is 3. The third-order valence-corrected chi connectivity index (χ3v) is 6.33. The van der Waals surface area contributed by atoms with Gasteiger partial charge in [-0.15, -0.1) is 0 Å². The molecule has 198 valence electrons. The van der Waals surface area contributed by atoms with E-state index in [4.69, 9.17) is 14.6 Å². The SMILES string of the molecule is CCCCC(F)(F)C(=O)C=C[C@H]1[C@H](OCc2ccc(OC)cc2)CC(=O)[C@@H]1CC=CCCCC(=O)O. The van der Waals surface area contributed by atoms with Crippen LogP contribution in [0.5, 0.6) is 5.75 Å². The Morgan fingerprint density at radius 3 is 2.53 bits per heavy atom. The van der Waals surface area contributed by atoms with E-state index in [1.54, 1.807) is 26.2 Å². The average Bonchev–Trinajstić information content (AvgIpc) is 3.15. The summed E-state index contributed by atoms with van der Waals surface area (Å²) < 4.78 is 39.6. The van der Waals surface area contributed by atoms with Crippen LogP contribution in [-0.2, 0) is 25.7 Å². The second kappa shape index (κ2) is 14.6. The van der Waals surface area contributed by atoms with E-state index >= 15 is 0 Å². The molecule has 1 N–H and O–H groups in total. The monoisotopic (exact) mass is 506 g/mol. The maximum absolute atomic E-state index is 14.2. The first-order chi connectivity index (χ1) is 17.2. The minimum absolute atomic E-state index is 0.0511. The van der Waals surface area contributed by atoms with E-state index in [1.165, 1.54) is 6.08 Å². The minimum Gasteiger partial charge on any atom is -0.497 e. The van der Waals surface area contributed by atoms with Gasteiger partial charge in [-0.05, 0) is 49.5 Å². The summed E-state index contributed by atoms with van der Waals surface area (Å²) >= 11 is 0. The third-order valence-electron chi connectivity index (χ3n) is 6.33. The van der Waals surface area contributed by atoms with Crippen molar-refractivity contribution in [2.45, 2.75) is 76.9 Å². The van der Waals surface area contributed by atoms with Crippen LogP contribution >= 0.6 is 0 Å². The van der Waals surface area contributed by atoms with E-state index in [0.29, 0.717) is 31.4 Å². The Labute approximate surface area is 211 Å². The number of hydrogen-bond donors (Lipinski definition) is 1. The van der Waals surface area contributed by atoms with E-state index in [-0.39, 0.29) is 31.7 Å². The molecule has 1 aromatic carbocycles. The summed E-state index contributed by atoms with van der Waals surface area (Å²) in [5.41, 5.74) is 0.870. The molecule has 1 aliphatic rings. The van der Waals surface area contributed by atoms with E-state index < -0.39 is 42.0 Å². The van der Waals surface area contributed by atoms with Gasteiger partial charge in [0.05, 0.1) is 19.8 Å². The van der Waals surface area contributed by atoms with Crippen LogP contribution in [0.1, 0.15) is 63.9 Å². The number of carbonyl (C=O) groups excluding carboxylic acids is 2. The smallest absolute Gasteiger partial charge is 0.309 e. The lowest BCUT2D eigenvalue weighted by Gasteiger charge is -2.21. The van der Waals surface area contributed by atoms with E-state index in [2.05, 4.69) is 0 Å². The number of halogens is 2. The van der Waals surface area contributed by atoms with Gasteiger partial charge in [0.15, 0.2) is 0 Å². The second-order valence-electron chi connectivity index (χ2n) is 9.08. The molecule has 1 saturated carbocycles. The van der Waals surface area contributed by atoms with Crippen LogP contribution < -0.4 is 4.74 Å². The van der Waals surface area contributed by atoms with Gasteiger partial charge in [-0.2, -0.15) is 8.78 Å². The van der Waals surface area contributed by atoms with Crippen molar-refractivity contribution in [1.82, 2.24) is 0 Å². The summed E-state index contributed by atoms with van der Waals surface area (Å²) in [4.78, 5) is 35.7. The Bertz CT molecular complexity index is 922. The number of unbranched alkanes of at least 4 members (excludes halogenated alkanes) is 2. The Hall–Kier alpha value is -2.87. The molecule has 1 aromatic rings. The molecular weight excluding hydrogens is 470 g/mol. The predicted molar refractivity (Wildman–Crippen MR) is 132 cm³/mol. The third kappa shape index (κ3) is 9.30. The number of carboxylic acid groups (broad SMARTS) is 1. The van der Waals surface area contributed by atoms with Crippen molar-refractivity contribution in [3.05, 3.63) is 54.1 Å². The minimum atomic E-state index is -3.44. The molecule has 8 heteroatoms. The Kier molecular flexibility index (Phi) is 11.9. The summed E-state index contributed by atoms with van der Waals surface area (Å²) in [5.74, 6) is -5.93. The fraction of sp³-hybridized carbons (Fsp3) is 0.536. The molecule has 1 aliphatic carbocycles. The number of hydrogen-bond acceptors (Lipinski definition) is 5. The predicted octanol–water partition coefficient (Wildman–Crippen LogP) is 5.94. The summed E-state index contributed by atoms with van der Waals surface area (Å²) in [6, 6.07) is 7.28. The topological polar surface area (TPSA) is 89.9 Å². The summed E-state index contributed by atoms with van der Waals surface area (Å²) in [6.07, 6.45) is 7.33. The molecule has 2 rings (SSSR count). The number of methoxy groups -OCH3 is 1. The number of ether oxygens (including phenoxy) is 2. The number of ketones is 2. The first kappa shape index (κ1) is 29.4. The highest BCUT2D eigenvalue weighted by Crippen LogP contribution is 2.36. The van der Waals surface area contributed by atoms with Gasteiger partial charge in [-0.1, -0.05) is 43.7 Å². The normalized spacial score (nSPS) is 20.4. The number of benzene rings is 1. The van der Waals surface area contributed by atoms with Gasteiger partial charge in [0.25, 0.3) is 0 Å². The molecule has 0 bridgehead atoms. The van der Waals surface area contributed by atoms with E-state index in [0.717, 1.165) is 11.6 Å². The zero-order valence-corrected chi connectivity index (χ0v) is 21.0. The lowest BCUT2D eigenvalue weighted by Crippen LogP contribution is -2.28. The molecule has 0 saturated heterocycles. The average molecular weight is 507 g/mol. The molecule has 1 fully saturated rings. The van der Waals surface area contributed by atoms with Gasteiger partial charge < -0.3 is 14.6 Å². The number of allylic oxidation sites excluding steroid dienone is 3. The summed E-state index contributed by atoms with van der Waals surface area (Å²) in [6.45, 7) is 2.01.